The molecule has 0 spiro atoms. The van der Waals surface area contributed by atoms with Crippen LogP contribution in [-0.2, 0) is 22.7 Å². The van der Waals surface area contributed by atoms with Crippen molar-refractivity contribution in [2.75, 3.05) is 14.2 Å². The highest BCUT2D eigenvalue weighted by atomic mass is 19.1. The van der Waals surface area contributed by atoms with Crippen LogP contribution in [0.15, 0.2) is 60.7 Å². The molecule has 1 aliphatic rings. The number of fused-ring (bicyclic) bond motifs is 1. The average Bonchev–Trinajstić information content (AvgIpc) is 2.82. The van der Waals surface area contributed by atoms with E-state index in [1.807, 2.05) is 30.3 Å². The number of carbonyl (C=O) groups excluding carboxylic acids is 1. The van der Waals surface area contributed by atoms with Crippen molar-refractivity contribution >= 4 is 5.97 Å². The summed E-state index contributed by atoms with van der Waals surface area (Å²) in [5, 5.41) is 0. The molecule has 0 bridgehead atoms. The summed E-state index contributed by atoms with van der Waals surface area (Å²) in [6.07, 6.45) is -0.625. The zero-order valence-corrected chi connectivity index (χ0v) is 17.1. The van der Waals surface area contributed by atoms with Crippen molar-refractivity contribution < 1.29 is 32.9 Å². The number of hydrogen-bond acceptors (Lipinski definition) is 6. The molecule has 0 N–H and O–H groups in total. The maximum Gasteiger partial charge on any atom is 0.338 e. The second-order valence-electron chi connectivity index (χ2n) is 6.87. The first-order valence-electron chi connectivity index (χ1n) is 9.62. The van der Waals surface area contributed by atoms with Gasteiger partial charge in [-0.3, -0.25) is 0 Å². The second-order valence-corrected chi connectivity index (χ2v) is 6.87. The third kappa shape index (κ3) is 4.46. The fourth-order valence-corrected chi connectivity index (χ4v) is 3.35. The fraction of sp³-hybridized carbons (Fsp3) is 0.208. The monoisotopic (exact) mass is 424 g/mol. The molecule has 0 radical (unpaired) electrons. The van der Waals surface area contributed by atoms with Gasteiger partial charge in [-0.1, -0.05) is 30.3 Å². The number of benzene rings is 3. The fourth-order valence-electron chi connectivity index (χ4n) is 3.35. The van der Waals surface area contributed by atoms with Gasteiger partial charge in [0, 0.05) is 16.7 Å². The number of carbonyl (C=O) groups is 1. The molecule has 160 valence electrons. The van der Waals surface area contributed by atoms with Gasteiger partial charge in [-0.05, 0) is 30.3 Å². The molecule has 1 heterocycles. The van der Waals surface area contributed by atoms with Crippen molar-refractivity contribution in [1.82, 2.24) is 0 Å². The van der Waals surface area contributed by atoms with Crippen LogP contribution in [0.4, 0.5) is 4.39 Å². The van der Waals surface area contributed by atoms with E-state index >= 15 is 0 Å². The van der Waals surface area contributed by atoms with E-state index in [2.05, 4.69) is 0 Å². The van der Waals surface area contributed by atoms with Crippen LogP contribution in [-0.4, -0.2) is 20.2 Å². The van der Waals surface area contributed by atoms with Crippen LogP contribution in [0.2, 0.25) is 0 Å². The van der Waals surface area contributed by atoms with E-state index in [0.29, 0.717) is 28.4 Å². The molecule has 1 aliphatic heterocycles. The Morgan fingerprint density at radius 1 is 1.03 bits per heavy atom. The summed E-state index contributed by atoms with van der Waals surface area (Å²) >= 11 is 0. The van der Waals surface area contributed by atoms with Gasteiger partial charge in [-0.15, -0.1) is 0 Å². The van der Waals surface area contributed by atoms with Gasteiger partial charge in [0.1, 0.15) is 18.2 Å². The lowest BCUT2D eigenvalue weighted by molar-refractivity contribution is -0.112. The number of halogens is 1. The summed E-state index contributed by atoms with van der Waals surface area (Å²) in [5.74, 6) is 0.332. The Kier molecular flexibility index (Phi) is 6.04. The molecule has 0 fully saturated rings. The Bertz CT molecular complexity index is 1080. The van der Waals surface area contributed by atoms with Gasteiger partial charge in [0.2, 0.25) is 6.29 Å². The standard InChI is InChI=1S/C24H21FO6/c1-27-20-9-8-16(12-21(20)28-2)23(26)29-13-17-10-19(25)11-18-14-30-24(31-22(17)18)15-6-4-3-5-7-15/h3-12,24H,13-14H2,1-2H3/t24-/m0/s1. The molecule has 3 aromatic carbocycles. The zero-order valence-electron chi connectivity index (χ0n) is 17.1. The van der Waals surface area contributed by atoms with E-state index in [4.69, 9.17) is 23.7 Å². The molecule has 31 heavy (non-hydrogen) atoms. The molecule has 7 heteroatoms. The summed E-state index contributed by atoms with van der Waals surface area (Å²) in [6, 6.07) is 16.8. The predicted octanol–water partition coefficient (Wildman–Crippen LogP) is 4.81. The van der Waals surface area contributed by atoms with E-state index in [1.165, 1.54) is 32.4 Å². The van der Waals surface area contributed by atoms with E-state index in [1.54, 1.807) is 12.1 Å². The quantitative estimate of drug-likeness (QED) is 0.530. The summed E-state index contributed by atoms with van der Waals surface area (Å²) in [4.78, 5) is 12.5. The first-order chi connectivity index (χ1) is 15.1. The molecule has 0 aromatic heterocycles. The zero-order chi connectivity index (χ0) is 21.8. The minimum Gasteiger partial charge on any atom is -0.493 e. The first-order valence-corrected chi connectivity index (χ1v) is 9.62. The number of methoxy groups -OCH3 is 2. The van der Waals surface area contributed by atoms with Crippen molar-refractivity contribution in [2.24, 2.45) is 0 Å². The van der Waals surface area contributed by atoms with Crippen molar-refractivity contribution in [3.05, 3.63) is 88.7 Å². The number of rotatable bonds is 6. The van der Waals surface area contributed by atoms with E-state index in [9.17, 15) is 9.18 Å². The summed E-state index contributed by atoms with van der Waals surface area (Å²) in [6.45, 7) is 0.0259. The van der Waals surface area contributed by atoms with Crippen molar-refractivity contribution in [2.45, 2.75) is 19.5 Å². The van der Waals surface area contributed by atoms with Gasteiger partial charge < -0.3 is 23.7 Å². The minimum absolute atomic E-state index is 0.158. The van der Waals surface area contributed by atoms with Gasteiger partial charge in [0.15, 0.2) is 11.5 Å². The van der Waals surface area contributed by atoms with Crippen molar-refractivity contribution in [3.8, 4) is 17.2 Å². The number of esters is 1. The Labute approximate surface area is 179 Å². The summed E-state index contributed by atoms with van der Waals surface area (Å²) in [7, 11) is 2.99. The SMILES string of the molecule is COc1ccc(C(=O)OCc2cc(F)cc3c2O[C@@H](c2ccccc2)OC3)cc1OC. The average molecular weight is 424 g/mol. The Morgan fingerprint density at radius 3 is 2.55 bits per heavy atom. The molecule has 3 aromatic rings. The van der Waals surface area contributed by atoms with Gasteiger partial charge in [0.25, 0.3) is 0 Å². The third-order valence-electron chi connectivity index (χ3n) is 4.87. The van der Waals surface area contributed by atoms with Gasteiger partial charge in [-0.25, -0.2) is 9.18 Å². The molecule has 0 saturated carbocycles. The van der Waals surface area contributed by atoms with Crippen LogP contribution in [0, 0.1) is 5.82 Å². The highest BCUT2D eigenvalue weighted by molar-refractivity contribution is 5.90. The van der Waals surface area contributed by atoms with Crippen molar-refractivity contribution in [3.63, 3.8) is 0 Å². The number of ether oxygens (including phenoxy) is 5. The predicted molar refractivity (Wildman–Crippen MR) is 110 cm³/mol. The van der Waals surface area contributed by atoms with Gasteiger partial charge >= 0.3 is 5.97 Å². The lowest BCUT2D eigenvalue weighted by Crippen LogP contribution is -2.20. The summed E-state index contributed by atoms with van der Waals surface area (Å²) in [5.41, 5.74) is 2.11. The molecular formula is C24H21FO6. The molecule has 1 atom stereocenters. The molecule has 4 rings (SSSR count). The molecule has 0 amide bonds. The van der Waals surface area contributed by atoms with Crippen LogP contribution in [0.5, 0.6) is 17.2 Å². The Balaban J connectivity index is 1.53. The molecule has 0 aliphatic carbocycles. The Hall–Kier alpha value is -3.58. The molecule has 0 saturated heterocycles. The van der Waals surface area contributed by atoms with Crippen molar-refractivity contribution in [1.29, 1.82) is 0 Å². The van der Waals surface area contributed by atoms with Gasteiger partial charge in [0.05, 0.1) is 26.4 Å². The van der Waals surface area contributed by atoms with Crippen LogP contribution in [0.3, 0.4) is 0 Å². The van der Waals surface area contributed by atoms with E-state index in [0.717, 1.165) is 5.56 Å². The third-order valence-corrected chi connectivity index (χ3v) is 4.87. The molecule has 0 unspecified atom stereocenters. The van der Waals surface area contributed by atoms with E-state index in [-0.39, 0.29) is 18.8 Å². The maximum atomic E-state index is 14.1. The van der Waals surface area contributed by atoms with Crippen LogP contribution in [0.25, 0.3) is 0 Å². The Morgan fingerprint density at radius 2 is 1.81 bits per heavy atom. The molecular weight excluding hydrogens is 403 g/mol. The van der Waals surface area contributed by atoms with Crippen LogP contribution in [0.1, 0.15) is 33.3 Å². The summed E-state index contributed by atoms with van der Waals surface area (Å²) < 4.78 is 41.7. The van der Waals surface area contributed by atoms with Crippen LogP contribution >= 0.6 is 0 Å². The highest BCUT2D eigenvalue weighted by Gasteiger charge is 2.26. The largest absolute Gasteiger partial charge is 0.493 e. The van der Waals surface area contributed by atoms with Gasteiger partial charge in [-0.2, -0.15) is 0 Å². The first kappa shape index (κ1) is 20.7. The topological polar surface area (TPSA) is 63.2 Å². The highest BCUT2D eigenvalue weighted by Crippen LogP contribution is 2.37. The maximum absolute atomic E-state index is 14.1. The van der Waals surface area contributed by atoms with E-state index < -0.39 is 18.1 Å². The smallest absolute Gasteiger partial charge is 0.338 e. The second kappa shape index (κ2) is 9.06. The molecule has 6 nitrogen and oxygen atoms in total. The lowest BCUT2D eigenvalue weighted by Gasteiger charge is -2.28. The van der Waals surface area contributed by atoms with Crippen LogP contribution < -0.4 is 14.2 Å². The number of hydrogen-bond donors (Lipinski definition) is 0. The normalized spacial score (nSPS) is 14.9. The minimum atomic E-state index is -0.625. The lowest BCUT2D eigenvalue weighted by atomic mass is 10.1.